The Balaban J connectivity index is 2.22. The molecular formula is C14H21ClN2O3S. The van der Waals surface area contributed by atoms with E-state index in [1.807, 2.05) is 13.8 Å². The lowest BCUT2D eigenvalue weighted by Crippen LogP contribution is -2.44. The Hall–Kier alpha value is -0.660. The second-order valence-electron chi connectivity index (χ2n) is 5.08. The summed E-state index contributed by atoms with van der Waals surface area (Å²) in [6.45, 7) is 6.52. The first-order valence-corrected chi connectivity index (χ1v) is 8.88. The molecule has 1 atom stereocenters. The van der Waals surface area contributed by atoms with Gasteiger partial charge in [0.25, 0.3) is 0 Å². The Bertz CT molecular complexity index is 592. The molecule has 1 heterocycles. The van der Waals surface area contributed by atoms with Crippen LogP contribution in [0.1, 0.15) is 19.4 Å². The van der Waals surface area contributed by atoms with Gasteiger partial charge < -0.3 is 10.1 Å². The molecule has 2 rings (SSSR count). The summed E-state index contributed by atoms with van der Waals surface area (Å²) in [6.07, 6.45) is -0.0861. The average molecular weight is 333 g/mol. The van der Waals surface area contributed by atoms with Gasteiger partial charge in [0.1, 0.15) is 0 Å². The van der Waals surface area contributed by atoms with Gasteiger partial charge in [-0.25, -0.2) is 8.42 Å². The monoisotopic (exact) mass is 332 g/mol. The zero-order chi connectivity index (χ0) is 15.5. The Labute approximate surface area is 131 Å². The predicted octanol–water partition coefficient (Wildman–Crippen LogP) is 1.86. The highest BCUT2D eigenvalue weighted by Gasteiger charge is 2.29. The van der Waals surface area contributed by atoms with Crippen molar-refractivity contribution in [3.63, 3.8) is 0 Å². The molecule has 0 aromatic heterocycles. The topological polar surface area (TPSA) is 58.6 Å². The molecule has 118 valence electrons. The van der Waals surface area contributed by atoms with E-state index in [0.29, 0.717) is 31.3 Å². The molecule has 0 bridgehead atoms. The third-order valence-corrected chi connectivity index (χ3v) is 5.64. The van der Waals surface area contributed by atoms with Crippen LogP contribution in [0.15, 0.2) is 23.1 Å². The van der Waals surface area contributed by atoms with E-state index in [1.165, 1.54) is 10.4 Å². The molecule has 1 N–H and O–H groups in total. The number of rotatable bonds is 5. The van der Waals surface area contributed by atoms with Gasteiger partial charge in [0.05, 0.1) is 17.6 Å². The number of hydrogen-bond donors (Lipinski definition) is 1. The number of morpholine rings is 1. The molecule has 1 aromatic rings. The Kier molecular flexibility index (Phi) is 5.62. The van der Waals surface area contributed by atoms with Crippen LogP contribution in [-0.2, 0) is 21.3 Å². The van der Waals surface area contributed by atoms with Gasteiger partial charge in [0.15, 0.2) is 0 Å². The second kappa shape index (κ2) is 7.07. The van der Waals surface area contributed by atoms with E-state index in [9.17, 15) is 8.42 Å². The fourth-order valence-electron chi connectivity index (χ4n) is 2.25. The van der Waals surface area contributed by atoms with Crippen LogP contribution < -0.4 is 5.32 Å². The third kappa shape index (κ3) is 3.96. The van der Waals surface area contributed by atoms with Crippen molar-refractivity contribution in [2.45, 2.75) is 31.4 Å². The Morgan fingerprint density at radius 2 is 2.24 bits per heavy atom. The van der Waals surface area contributed by atoms with Gasteiger partial charge in [-0.2, -0.15) is 4.31 Å². The largest absolute Gasteiger partial charge is 0.376 e. The maximum atomic E-state index is 12.6. The van der Waals surface area contributed by atoms with Crippen LogP contribution in [0.4, 0.5) is 0 Å². The molecule has 21 heavy (non-hydrogen) atoms. The van der Waals surface area contributed by atoms with Crippen molar-refractivity contribution in [3.05, 3.63) is 28.8 Å². The van der Waals surface area contributed by atoms with Crippen LogP contribution in [0.5, 0.6) is 0 Å². The van der Waals surface area contributed by atoms with Crippen molar-refractivity contribution in [1.29, 1.82) is 0 Å². The lowest BCUT2D eigenvalue weighted by atomic mass is 10.2. The average Bonchev–Trinajstić information content (AvgIpc) is 2.46. The standard InChI is InChI=1S/C14H21ClN2O3S/c1-3-16-9-12-4-5-13(8-14(12)15)21(18,19)17-6-7-20-11(2)10-17/h4-5,8,11,16H,3,6-7,9-10H2,1-2H3. The molecule has 1 aliphatic heterocycles. The molecule has 1 unspecified atom stereocenters. The first-order valence-electron chi connectivity index (χ1n) is 7.06. The summed E-state index contributed by atoms with van der Waals surface area (Å²) in [7, 11) is -3.51. The minimum atomic E-state index is -3.51. The molecule has 0 amide bonds. The Morgan fingerprint density at radius 1 is 1.48 bits per heavy atom. The van der Waals surface area contributed by atoms with Crippen molar-refractivity contribution in [2.24, 2.45) is 0 Å². The van der Waals surface area contributed by atoms with Crippen molar-refractivity contribution in [2.75, 3.05) is 26.2 Å². The third-order valence-electron chi connectivity index (χ3n) is 3.43. The van der Waals surface area contributed by atoms with Crippen molar-refractivity contribution < 1.29 is 13.2 Å². The van der Waals surface area contributed by atoms with Gasteiger partial charge in [-0.05, 0) is 31.2 Å². The minimum absolute atomic E-state index is 0.0861. The molecule has 0 aliphatic carbocycles. The quantitative estimate of drug-likeness (QED) is 0.894. The number of sulfonamides is 1. The van der Waals surface area contributed by atoms with E-state index in [0.717, 1.165) is 12.1 Å². The molecule has 1 aromatic carbocycles. The summed E-state index contributed by atoms with van der Waals surface area (Å²) in [6, 6.07) is 4.92. The number of benzene rings is 1. The van der Waals surface area contributed by atoms with E-state index < -0.39 is 10.0 Å². The Morgan fingerprint density at radius 3 is 2.86 bits per heavy atom. The first kappa shape index (κ1) is 16.7. The number of ether oxygens (including phenoxy) is 1. The fraction of sp³-hybridized carbons (Fsp3) is 0.571. The van der Waals surface area contributed by atoms with Gasteiger partial charge in [0.2, 0.25) is 10.0 Å². The molecule has 0 radical (unpaired) electrons. The summed E-state index contributed by atoms with van der Waals surface area (Å²) in [5, 5.41) is 3.64. The number of nitrogens with one attached hydrogen (secondary N) is 1. The zero-order valence-corrected chi connectivity index (χ0v) is 13.9. The van der Waals surface area contributed by atoms with E-state index in [2.05, 4.69) is 5.32 Å². The normalized spacial score (nSPS) is 20.6. The molecule has 5 nitrogen and oxygen atoms in total. The van der Waals surface area contributed by atoms with Gasteiger partial charge >= 0.3 is 0 Å². The van der Waals surface area contributed by atoms with Gasteiger partial charge in [0, 0.05) is 24.7 Å². The van der Waals surface area contributed by atoms with Crippen molar-refractivity contribution >= 4 is 21.6 Å². The van der Waals surface area contributed by atoms with Crippen LogP contribution >= 0.6 is 11.6 Å². The fourth-order valence-corrected chi connectivity index (χ4v) is 4.08. The van der Waals surface area contributed by atoms with Gasteiger partial charge in [-0.1, -0.05) is 24.6 Å². The summed E-state index contributed by atoms with van der Waals surface area (Å²) < 4.78 is 32.1. The maximum absolute atomic E-state index is 12.6. The van der Waals surface area contributed by atoms with Crippen molar-refractivity contribution in [1.82, 2.24) is 9.62 Å². The van der Waals surface area contributed by atoms with Gasteiger partial charge in [-0.3, -0.25) is 0 Å². The lowest BCUT2D eigenvalue weighted by Gasteiger charge is -2.30. The van der Waals surface area contributed by atoms with Crippen LogP contribution in [-0.4, -0.2) is 45.1 Å². The molecule has 0 saturated carbocycles. The van der Waals surface area contributed by atoms with Crippen LogP contribution in [0.3, 0.4) is 0 Å². The van der Waals surface area contributed by atoms with Crippen LogP contribution in [0.25, 0.3) is 0 Å². The number of halogens is 1. The van der Waals surface area contributed by atoms with E-state index in [4.69, 9.17) is 16.3 Å². The van der Waals surface area contributed by atoms with E-state index in [1.54, 1.807) is 12.1 Å². The molecule has 1 aliphatic rings. The summed E-state index contributed by atoms with van der Waals surface area (Å²) in [5.41, 5.74) is 0.896. The van der Waals surface area contributed by atoms with E-state index >= 15 is 0 Å². The maximum Gasteiger partial charge on any atom is 0.243 e. The summed E-state index contributed by atoms with van der Waals surface area (Å²) in [4.78, 5) is 0.238. The minimum Gasteiger partial charge on any atom is -0.376 e. The smallest absolute Gasteiger partial charge is 0.243 e. The molecule has 1 saturated heterocycles. The highest BCUT2D eigenvalue weighted by Crippen LogP contribution is 2.24. The molecular weight excluding hydrogens is 312 g/mol. The number of hydrogen-bond acceptors (Lipinski definition) is 4. The lowest BCUT2D eigenvalue weighted by molar-refractivity contribution is 0.0102. The molecule has 1 fully saturated rings. The molecule has 7 heteroatoms. The number of nitrogens with zero attached hydrogens (tertiary/aromatic N) is 1. The predicted molar refractivity (Wildman–Crippen MR) is 83.0 cm³/mol. The summed E-state index contributed by atoms with van der Waals surface area (Å²) >= 11 is 6.19. The zero-order valence-electron chi connectivity index (χ0n) is 12.3. The van der Waals surface area contributed by atoms with Crippen LogP contribution in [0.2, 0.25) is 5.02 Å². The SMILES string of the molecule is CCNCc1ccc(S(=O)(=O)N2CCOC(C)C2)cc1Cl. The summed E-state index contributed by atoms with van der Waals surface area (Å²) in [5.74, 6) is 0. The highest BCUT2D eigenvalue weighted by atomic mass is 35.5. The highest BCUT2D eigenvalue weighted by molar-refractivity contribution is 7.89. The van der Waals surface area contributed by atoms with Crippen molar-refractivity contribution in [3.8, 4) is 0 Å². The first-order chi connectivity index (χ1) is 9.95. The van der Waals surface area contributed by atoms with E-state index in [-0.39, 0.29) is 11.0 Å². The van der Waals surface area contributed by atoms with Gasteiger partial charge in [-0.15, -0.1) is 0 Å². The molecule has 0 spiro atoms. The second-order valence-corrected chi connectivity index (χ2v) is 7.42. The van der Waals surface area contributed by atoms with Crippen LogP contribution in [0, 0.1) is 0 Å².